The van der Waals surface area contributed by atoms with E-state index in [2.05, 4.69) is 0 Å². The molecule has 0 aromatic heterocycles. The zero-order valence-electron chi connectivity index (χ0n) is 18.0. The normalized spacial score (nSPS) is 14.4. The topological polar surface area (TPSA) is 29.5 Å². The molecule has 1 fully saturated rings. The van der Waals surface area contributed by atoms with E-state index in [9.17, 15) is 13.6 Å². The Morgan fingerprint density at radius 1 is 0.938 bits per heavy atom. The summed E-state index contributed by atoms with van der Waals surface area (Å²) in [5, 5.41) is 0. The van der Waals surface area contributed by atoms with Gasteiger partial charge in [0.25, 0.3) is 5.91 Å². The molecule has 1 amide bonds. The predicted octanol–water partition coefficient (Wildman–Crippen LogP) is 5.88. The lowest BCUT2D eigenvalue weighted by Crippen LogP contribution is -2.41. The van der Waals surface area contributed by atoms with Crippen molar-refractivity contribution in [3.8, 4) is 16.9 Å². The maximum absolute atomic E-state index is 13.8. The molecule has 166 valence electrons. The second-order valence-electron chi connectivity index (χ2n) is 8.25. The number of hydrogen-bond donors (Lipinski definition) is 0. The van der Waals surface area contributed by atoms with Gasteiger partial charge < -0.3 is 9.64 Å². The number of nitrogens with zero attached hydrogens (tertiary/aromatic N) is 1. The van der Waals surface area contributed by atoms with Crippen LogP contribution in [-0.2, 0) is 11.2 Å². The molecule has 0 spiro atoms. The van der Waals surface area contributed by atoms with Gasteiger partial charge in [-0.15, -0.1) is 0 Å². The Kier molecular flexibility index (Phi) is 7.15. The van der Waals surface area contributed by atoms with Gasteiger partial charge in [-0.3, -0.25) is 4.79 Å². The standard InChI is InChI=1S/C27H27F2NO2/c28-23-12-13-25(29)22(18-23)11-10-20-14-16-30(17-15-20)27(31)19-32-26-9-5-4-8-24(26)21-6-2-1-3-7-21/h1-9,12-13,18,20H,10-11,14-17,19H2. The van der Waals surface area contributed by atoms with Crippen LogP contribution < -0.4 is 4.74 Å². The highest BCUT2D eigenvalue weighted by atomic mass is 19.1. The van der Waals surface area contributed by atoms with Gasteiger partial charge in [0.15, 0.2) is 6.61 Å². The molecule has 4 rings (SSSR count). The zero-order valence-corrected chi connectivity index (χ0v) is 18.0. The van der Waals surface area contributed by atoms with Crippen LogP contribution in [0.3, 0.4) is 0 Å². The van der Waals surface area contributed by atoms with Crippen LogP contribution in [0.2, 0.25) is 0 Å². The largest absolute Gasteiger partial charge is 0.483 e. The fourth-order valence-corrected chi connectivity index (χ4v) is 4.25. The molecular formula is C27H27F2NO2. The van der Waals surface area contributed by atoms with E-state index >= 15 is 0 Å². The van der Waals surface area contributed by atoms with E-state index < -0.39 is 5.82 Å². The van der Waals surface area contributed by atoms with Crippen molar-refractivity contribution in [2.45, 2.75) is 25.7 Å². The number of amides is 1. The molecule has 32 heavy (non-hydrogen) atoms. The molecule has 1 saturated heterocycles. The highest BCUT2D eigenvalue weighted by molar-refractivity contribution is 5.78. The minimum Gasteiger partial charge on any atom is -0.483 e. The Bertz CT molecular complexity index is 1050. The van der Waals surface area contributed by atoms with Crippen LogP contribution in [-0.4, -0.2) is 30.5 Å². The van der Waals surface area contributed by atoms with Crippen LogP contribution >= 0.6 is 0 Å². The number of rotatable bonds is 7. The van der Waals surface area contributed by atoms with Crippen molar-refractivity contribution in [1.29, 1.82) is 0 Å². The number of piperidine rings is 1. The minimum atomic E-state index is -0.407. The molecular weight excluding hydrogens is 408 g/mol. The molecule has 3 aromatic rings. The molecule has 0 N–H and O–H groups in total. The molecule has 3 aromatic carbocycles. The lowest BCUT2D eigenvalue weighted by molar-refractivity contribution is -0.134. The van der Waals surface area contributed by atoms with Gasteiger partial charge in [0.05, 0.1) is 0 Å². The average molecular weight is 436 g/mol. The maximum atomic E-state index is 13.8. The van der Waals surface area contributed by atoms with E-state index in [0.717, 1.165) is 36.5 Å². The maximum Gasteiger partial charge on any atom is 0.260 e. The molecule has 0 radical (unpaired) electrons. The van der Waals surface area contributed by atoms with Gasteiger partial charge in [0, 0.05) is 18.7 Å². The minimum absolute atomic E-state index is 0.00299. The molecule has 1 aliphatic rings. The molecule has 0 unspecified atom stereocenters. The molecule has 1 aliphatic heterocycles. The quantitative estimate of drug-likeness (QED) is 0.464. The summed E-state index contributed by atoms with van der Waals surface area (Å²) >= 11 is 0. The van der Waals surface area contributed by atoms with Crippen LogP contribution in [0.4, 0.5) is 8.78 Å². The van der Waals surface area contributed by atoms with Gasteiger partial charge in [0.2, 0.25) is 0 Å². The van der Waals surface area contributed by atoms with E-state index in [1.165, 1.54) is 12.1 Å². The lowest BCUT2D eigenvalue weighted by atomic mass is 9.90. The van der Waals surface area contributed by atoms with Crippen molar-refractivity contribution < 1.29 is 18.3 Å². The van der Waals surface area contributed by atoms with Crippen molar-refractivity contribution in [3.05, 3.63) is 90.0 Å². The Morgan fingerprint density at radius 3 is 2.44 bits per heavy atom. The van der Waals surface area contributed by atoms with Crippen molar-refractivity contribution in [1.82, 2.24) is 4.90 Å². The van der Waals surface area contributed by atoms with E-state index in [-0.39, 0.29) is 18.3 Å². The number of aryl methyl sites for hydroxylation is 1. The molecule has 0 bridgehead atoms. The van der Waals surface area contributed by atoms with E-state index in [4.69, 9.17) is 4.74 Å². The predicted molar refractivity (Wildman–Crippen MR) is 121 cm³/mol. The second-order valence-corrected chi connectivity index (χ2v) is 8.25. The van der Waals surface area contributed by atoms with Crippen molar-refractivity contribution >= 4 is 5.91 Å². The molecule has 5 heteroatoms. The van der Waals surface area contributed by atoms with Crippen molar-refractivity contribution in [2.24, 2.45) is 5.92 Å². The summed E-state index contributed by atoms with van der Waals surface area (Å²) in [4.78, 5) is 14.5. The highest BCUT2D eigenvalue weighted by Crippen LogP contribution is 2.30. The van der Waals surface area contributed by atoms with Gasteiger partial charge >= 0.3 is 0 Å². The average Bonchev–Trinajstić information content (AvgIpc) is 2.84. The van der Waals surface area contributed by atoms with Crippen molar-refractivity contribution in [3.63, 3.8) is 0 Å². The number of para-hydroxylation sites is 1. The third-order valence-corrected chi connectivity index (χ3v) is 6.12. The van der Waals surface area contributed by atoms with Gasteiger partial charge in [-0.2, -0.15) is 0 Å². The summed E-state index contributed by atoms with van der Waals surface area (Å²) in [5.41, 5.74) is 2.43. The first-order valence-corrected chi connectivity index (χ1v) is 11.1. The second kappa shape index (κ2) is 10.4. The molecule has 1 heterocycles. The Balaban J connectivity index is 1.26. The Morgan fingerprint density at radius 2 is 1.66 bits per heavy atom. The SMILES string of the molecule is O=C(COc1ccccc1-c1ccccc1)N1CCC(CCc2cc(F)ccc2F)CC1. The number of hydrogen-bond acceptors (Lipinski definition) is 2. The summed E-state index contributed by atoms with van der Waals surface area (Å²) in [6.07, 6.45) is 3.04. The van der Waals surface area contributed by atoms with Gasteiger partial charge in [-0.05, 0) is 67.0 Å². The van der Waals surface area contributed by atoms with Crippen LogP contribution in [0.1, 0.15) is 24.8 Å². The summed E-state index contributed by atoms with van der Waals surface area (Å²) in [5.74, 6) is 0.311. The van der Waals surface area contributed by atoms with Gasteiger partial charge in [0.1, 0.15) is 17.4 Å². The number of carbonyl (C=O) groups is 1. The van der Waals surface area contributed by atoms with E-state index in [0.29, 0.717) is 36.7 Å². The number of ether oxygens (including phenoxy) is 1. The van der Waals surface area contributed by atoms with Crippen LogP contribution in [0.5, 0.6) is 5.75 Å². The van der Waals surface area contributed by atoms with Crippen LogP contribution in [0.15, 0.2) is 72.8 Å². The summed E-state index contributed by atoms with van der Waals surface area (Å²) in [6, 6.07) is 21.3. The molecule has 3 nitrogen and oxygen atoms in total. The number of likely N-dealkylation sites (tertiary alicyclic amines) is 1. The molecule has 0 atom stereocenters. The fourth-order valence-electron chi connectivity index (χ4n) is 4.25. The highest BCUT2D eigenvalue weighted by Gasteiger charge is 2.23. The van der Waals surface area contributed by atoms with Crippen LogP contribution in [0.25, 0.3) is 11.1 Å². The fraction of sp³-hybridized carbons (Fsp3) is 0.296. The zero-order chi connectivity index (χ0) is 22.3. The first-order chi connectivity index (χ1) is 15.6. The number of halogens is 2. The molecule has 0 aliphatic carbocycles. The summed E-state index contributed by atoms with van der Waals surface area (Å²) in [7, 11) is 0. The Labute approximate surface area is 187 Å². The van der Waals surface area contributed by atoms with E-state index in [1.54, 1.807) is 0 Å². The van der Waals surface area contributed by atoms with E-state index in [1.807, 2.05) is 59.5 Å². The van der Waals surface area contributed by atoms with Crippen LogP contribution in [0, 0.1) is 17.6 Å². The number of carbonyl (C=O) groups excluding carboxylic acids is 1. The monoisotopic (exact) mass is 435 g/mol. The number of benzene rings is 3. The Hall–Kier alpha value is -3.21. The smallest absolute Gasteiger partial charge is 0.260 e. The lowest BCUT2D eigenvalue weighted by Gasteiger charge is -2.32. The van der Waals surface area contributed by atoms with Gasteiger partial charge in [-0.25, -0.2) is 8.78 Å². The third-order valence-electron chi connectivity index (χ3n) is 6.12. The van der Waals surface area contributed by atoms with Gasteiger partial charge in [-0.1, -0.05) is 48.5 Å². The first-order valence-electron chi connectivity index (χ1n) is 11.1. The summed E-state index contributed by atoms with van der Waals surface area (Å²) in [6.45, 7) is 1.33. The first kappa shape index (κ1) is 22.0. The summed E-state index contributed by atoms with van der Waals surface area (Å²) < 4.78 is 33.1. The molecule has 0 saturated carbocycles. The third kappa shape index (κ3) is 5.52. The van der Waals surface area contributed by atoms with Crippen molar-refractivity contribution in [2.75, 3.05) is 19.7 Å².